The number of halogens is 1. The summed E-state index contributed by atoms with van der Waals surface area (Å²) in [5.74, 6) is 0.319. The van der Waals surface area contributed by atoms with Crippen LogP contribution < -0.4 is 10.5 Å². The van der Waals surface area contributed by atoms with Crippen LogP contribution in [0.3, 0.4) is 0 Å². The first kappa shape index (κ1) is 26.0. The molecular weight excluding hydrogens is 503 g/mol. The van der Waals surface area contributed by atoms with Gasteiger partial charge in [0, 0.05) is 62.2 Å². The molecule has 4 heterocycles. The largest absolute Gasteiger partial charge is 0.491 e. The third-order valence-electron chi connectivity index (χ3n) is 8.31. The highest BCUT2D eigenvalue weighted by molar-refractivity contribution is 6.01. The summed E-state index contributed by atoms with van der Waals surface area (Å²) in [5.41, 5.74) is 8.05. The smallest absolute Gasteiger partial charge is 0.251 e. The molecule has 1 saturated carbocycles. The highest BCUT2D eigenvalue weighted by Gasteiger charge is 2.38. The Labute approximate surface area is 226 Å². The number of piperazine rings is 1. The summed E-state index contributed by atoms with van der Waals surface area (Å²) < 4.78 is 28.9. The second-order valence-corrected chi connectivity index (χ2v) is 10.8. The van der Waals surface area contributed by atoms with Gasteiger partial charge in [0.15, 0.2) is 0 Å². The average molecular weight is 539 g/mol. The van der Waals surface area contributed by atoms with E-state index in [1.54, 1.807) is 17.0 Å². The zero-order valence-corrected chi connectivity index (χ0v) is 22.1. The third kappa shape index (κ3) is 5.06. The number of hydrogen-bond acceptors (Lipinski definition) is 8. The fourth-order valence-electron chi connectivity index (χ4n) is 6.01. The van der Waals surface area contributed by atoms with E-state index in [1.165, 1.54) is 19.3 Å². The Morgan fingerprint density at radius 1 is 1.21 bits per heavy atom. The van der Waals surface area contributed by atoms with Gasteiger partial charge in [0.05, 0.1) is 11.5 Å². The number of nitrogens with zero attached hydrogens (tertiary/aromatic N) is 5. The number of benzene rings is 1. The molecule has 0 bridgehead atoms. The molecule has 1 aliphatic carbocycles. The van der Waals surface area contributed by atoms with Crippen molar-refractivity contribution in [3.63, 3.8) is 0 Å². The van der Waals surface area contributed by atoms with Crippen LogP contribution in [0.4, 0.5) is 10.2 Å². The topological polar surface area (TPSA) is 119 Å². The van der Waals surface area contributed by atoms with Crippen molar-refractivity contribution in [1.29, 1.82) is 0 Å². The Bertz CT molecular complexity index is 1340. The van der Waals surface area contributed by atoms with Crippen molar-refractivity contribution in [3.8, 4) is 16.9 Å². The summed E-state index contributed by atoms with van der Waals surface area (Å²) in [7, 11) is 0. The Morgan fingerprint density at radius 2 is 2.00 bits per heavy atom. The van der Waals surface area contributed by atoms with E-state index in [1.807, 2.05) is 6.20 Å². The number of ether oxygens (including phenoxy) is 2. The molecule has 1 amide bonds. The molecule has 2 aliphatic heterocycles. The number of aliphatic hydroxyl groups is 1. The van der Waals surface area contributed by atoms with Crippen LogP contribution in [-0.4, -0.2) is 93.0 Å². The summed E-state index contributed by atoms with van der Waals surface area (Å²) >= 11 is 0. The number of amides is 1. The Hall–Kier alpha value is -3.28. The van der Waals surface area contributed by atoms with Crippen LogP contribution >= 0.6 is 0 Å². The number of fused-ring (bicyclic) bond motifs is 1. The summed E-state index contributed by atoms with van der Waals surface area (Å²) in [6.07, 6.45) is 6.33. The zero-order valence-electron chi connectivity index (χ0n) is 22.1. The molecule has 2 aromatic heterocycles. The number of nitrogens with two attached hydrogens (primary N) is 1. The van der Waals surface area contributed by atoms with Gasteiger partial charge in [-0.15, -0.1) is 0 Å². The van der Waals surface area contributed by atoms with E-state index in [0.717, 1.165) is 45.4 Å². The van der Waals surface area contributed by atoms with Gasteiger partial charge >= 0.3 is 0 Å². The molecule has 10 nitrogen and oxygen atoms in total. The molecule has 3 fully saturated rings. The lowest BCUT2D eigenvalue weighted by atomic mass is 9.85. The van der Waals surface area contributed by atoms with Crippen molar-refractivity contribution in [1.82, 2.24) is 24.3 Å². The van der Waals surface area contributed by atoms with Crippen molar-refractivity contribution in [3.05, 3.63) is 36.5 Å². The maximum Gasteiger partial charge on any atom is 0.251 e. The normalized spacial score (nSPS) is 24.6. The number of aromatic nitrogens is 3. The van der Waals surface area contributed by atoms with Gasteiger partial charge in [-0.2, -0.15) is 0 Å². The fraction of sp³-hybridized carbons (Fsp3) is 0.536. The number of carbonyl (C=O) groups excluding carboxylic acids is 1. The highest BCUT2D eigenvalue weighted by Crippen LogP contribution is 2.43. The molecule has 0 spiro atoms. The van der Waals surface area contributed by atoms with E-state index >= 15 is 4.39 Å². The van der Waals surface area contributed by atoms with Gasteiger partial charge in [-0.1, -0.05) is 0 Å². The lowest BCUT2D eigenvalue weighted by Crippen LogP contribution is -2.56. The number of carbonyl (C=O) groups is 1. The number of anilines is 1. The molecule has 0 unspecified atom stereocenters. The third-order valence-corrected chi connectivity index (χ3v) is 8.31. The molecule has 0 radical (unpaired) electrons. The van der Waals surface area contributed by atoms with E-state index in [2.05, 4.69) is 19.4 Å². The first-order valence-electron chi connectivity index (χ1n) is 13.7. The minimum atomic E-state index is -0.964. The first-order valence-corrected chi connectivity index (χ1v) is 13.7. The molecule has 6 rings (SSSR count). The number of hydrogen-bond donors (Lipinski definition) is 2. The van der Waals surface area contributed by atoms with E-state index < -0.39 is 6.10 Å². The lowest BCUT2D eigenvalue weighted by molar-refractivity contribution is -0.141. The quantitative estimate of drug-likeness (QED) is 0.471. The van der Waals surface area contributed by atoms with Gasteiger partial charge < -0.3 is 29.8 Å². The lowest BCUT2D eigenvalue weighted by Gasteiger charge is -2.47. The molecule has 2 atom stereocenters. The minimum Gasteiger partial charge on any atom is -0.491 e. The summed E-state index contributed by atoms with van der Waals surface area (Å²) in [6.45, 7) is 5.51. The van der Waals surface area contributed by atoms with Crippen LogP contribution in [0.1, 0.15) is 38.6 Å². The molecule has 1 aromatic carbocycles. The van der Waals surface area contributed by atoms with Crippen LogP contribution in [0.15, 0.2) is 30.7 Å². The standard InChI is InChI=1S/C28H35FN6O4/c1-17(36)28(37)34-8-6-33(7-9-34)18-11-19(12-18)35-14-23(25-26(30)31-16-32-27(25)35)22-13-20(4-5-24(22)29)39-15-21-3-2-10-38-21/h4-5,13-14,16-19,21,36H,2-3,6-12,15H2,1H3,(H2,30,31,32)/t17-,18?,19?,21-/m0/s1. The van der Waals surface area contributed by atoms with Crippen LogP contribution in [0.25, 0.3) is 22.2 Å². The second-order valence-electron chi connectivity index (χ2n) is 10.8. The zero-order chi connectivity index (χ0) is 27.1. The molecule has 3 aliphatic rings. The maximum absolute atomic E-state index is 15.2. The van der Waals surface area contributed by atoms with Crippen molar-refractivity contribution in [2.75, 3.05) is 45.1 Å². The van der Waals surface area contributed by atoms with E-state index in [4.69, 9.17) is 15.2 Å². The molecule has 3 N–H and O–H groups in total. The molecular formula is C28H35FN6O4. The van der Waals surface area contributed by atoms with Gasteiger partial charge in [0.25, 0.3) is 5.91 Å². The molecule has 3 aromatic rings. The Morgan fingerprint density at radius 3 is 2.72 bits per heavy atom. The molecule has 11 heteroatoms. The maximum atomic E-state index is 15.2. The number of aliphatic hydroxyl groups excluding tert-OH is 1. The molecule has 39 heavy (non-hydrogen) atoms. The van der Waals surface area contributed by atoms with Crippen LogP contribution in [-0.2, 0) is 9.53 Å². The number of nitrogen functional groups attached to an aromatic ring is 1. The van der Waals surface area contributed by atoms with Crippen LogP contribution in [0, 0.1) is 5.82 Å². The van der Waals surface area contributed by atoms with Crippen molar-refractivity contribution in [2.45, 2.75) is 56.9 Å². The monoisotopic (exact) mass is 538 g/mol. The van der Waals surface area contributed by atoms with Gasteiger partial charge in [0.2, 0.25) is 0 Å². The van der Waals surface area contributed by atoms with Crippen molar-refractivity contribution < 1.29 is 23.8 Å². The fourth-order valence-corrected chi connectivity index (χ4v) is 6.01. The second kappa shape index (κ2) is 10.7. The van der Waals surface area contributed by atoms with Gasteiger partial charge in [-0.05, 0) is 50.8 Å². The van der Waals surface area contributed by atoms with Crippen molar-refractivity contribution >= 4 is 22.8 Å². The Balaban J connectivity index is 1.20. The van der Waals surface area contributed by atoms with Gasteiger partial charge in [-0.3, -0.25) is 9.69 Å². The van der Waals surface area contributed by atoms with E-state index in [0.29, 0.717) is 59.5 Å². The predicted molar refractivity (Wildman–Crippen MR) is 144 cm³/mol. The average Bonchev–Trinajstić information content (AvgIpc) is 3.56. The highest BCUT2D eigenvalue weighted by atomic mass is 19.1. The summed E-state index contributed by atoms with van der Waals surface area (Å²) in [6, 6.07) is 5.36. The molecule has 2 saturated heterocycles. The minimum absolute atomic E-state index is 0.0673. The summed E-state index contributed by atoms with van der Waals surface area (Å²) in [4.78, 5) is 25.0. The van der Waals surface area contributed by atoms with E-state index in [-0.39, 0.29) is 23.9 Å². The Kier molecular flexibility index (Phi) is 7.13. The van der Waals surface area contributed by atoms with Crippen molar-refractivity contribution in [2.24, 2.45) is 0 Å². The van der Waals surface area contributed by atoms with Crippen LogP contribution in [0.5, 0.6) is 5.75 Å². The first-order chi connectivity index (χ1) is 18.9. The van der Waals surface area contributed by atoms with Gasteiger partial charge in [0.1, 0.15) is 42.1 Å². The SMILES string of the molecule is C[C@H](O)C(=O)N1CCN(C2CC(n3cc(-c4cc(OC[C@@H]5CCCO5)ccc4F)c4c(N)ncnc43)C2)CC1. The summed E-state index contributed by atoms with van der Waals surface area (Å²) in [5, 5.41) is 10.2. The van der Waals surface area contributed by atoms with Crippen LogP contribution in [0.2, 0.25) is 0 Å². The predicted octanol–water partition coefficient (Wildman–Crippen LogP) is 2.61. The number of rotatable bonds is 7. The van der Waals surface area contributed by atoms with E-state index in [9.17, 15) is 9.90 Å². The molecule has 208 valence electrons. The van der Waals surface area contributed by atoms with Gasteiger partial charge in [-0.25, -0.2) is 14.4 Å².